The molecule has 0 bridgehead atoms. The molecule has 1 fully saturated rings. The Morgan fingerprint density at radius 3 is 2.41 bits per heavy atom. The van der Waals surface area contributed by atoms with Crippen molar-refractivity contribution in [3.05, 3.63) is 76.5 Å². The number of ether oxygens (including phenoxy) is 1. The first-order valence-corrected chi connectivity index (χ1v) is 10.9. The Kier molecular flexibility index (Phi) is 6.46. The fraction of sp³-hybridized carbons (Fsp3) is 0.360. The number of urea groups is 1. The van der Waals surface area contributed by atoms with E-state index in [9.17, 15) is 9.59 Å². The minimum atomic E-state index is -0.541. The van der Waals surface area contributed by atoms with Crippen LogP contribution in [0.3, 0.4) is 0 Å². The number of hydrogen-bond acceptors (Lipinski definition) is 5. The molecule has 0 unspecified atom stereocenters. The van der Waals surface area contributed by atoms with E-state index in [4.69, 9.17) is 4.74 Å². The molecule has 0 radical (unpaired) electrons. The molecule has 2 heterocycles. The van der Waals surface area contributed by atoms with Crippen LogP contribution in [0.15, 0.2) is 59.8 Å². The number of nitrogens with one attached hydrogen (secondary N) is 2. The second-order valence-corrected chi connectivity index (χ2v) is 8.43. The van der Waals surface area contributed by atoms with E-state index in [1.54, 1.807) is 0 Å². The van der Waals surface area contributed by atoms with Crippen molar-refractivity contribution in [3.8, 4) is 0 Å². The molecule has 2 aromatic rings. The van der Waals surface area contributed by atoms with Gasteiger partial charge in [0.2, 0.25) is 0 Å². The van der Waals surface area contributed by atoms with Crippen LogP contribution in [0.4, 0.5) is 10.5 Å². The predicted molar refractivity (Wildman–Crippen MR) is 124 cm³/mol. The maximum atomic E-state index is 12.7. The van der Waals surface area contributed by atoms with Crippen LogP contribution in [0.5, 0.6) is 0 Å². The largest absolute Gasteiger partial charge is 0.466 e. The van der Waals surface area contributed by atoms with Gasteiger partial charge in [-0.15, -0.1) is 0 Å². The third kappa shape index (κ3) is 4.78. The zero-order chi connectivity index (χ0) is 22.7. The van der Waals surface area contributed by atoms with Gasteiger partial charge in [-0.2, -0.15) is 0 Å². The Hall–Kier alpha value is -3.32. The lowest BCUT2D eigenvalue weighted by atomic mass is 9.94. The molecule has 32 heavy (non-hydrogen) atoms. The molecular weight excluding hydrogens is 404 g/mol. The van der Waals surface area contributed by atoms with Crippen LogP contribution in [0.25, 0.3) is 0 Å². The van der Waals surface area contributed by atoms with E-state index in [0.29, 0.717) is 17.8 Å². The molecule has 4 rings (SSSR count). The van der Waals surface area contributed by atoms with Crippen LogP contribution in [0.2, 0.25) is 0 Å². The van der Waals surface area contributed by atoms with E-state index in [0.717, 1.165) is 37.3 Å². The Labute approximate surface area is 189 Å². The van der Waals surface area contributed by atoms with Gasteiger partial charge in [0.1, 0.15) is 0 Å². The molecule has 2 aromatic carbocycles. The van der Waals surface area contributed by atoms with E-state index in [-0.39, 0.29) is 6.03 Å². The smallest absolute Gasteiger partial charge is 0.338 e. The maximum absolute atomic E-state index is 12.7. The highest BCUT2D eigenvalue weighted by Gasteiger charge is 2.34. The van der Waals surface area contributed by atoms with Gasteiger partial charge in [-0.05, 0) is 37.1 Å². The van der Waals surface area contributed by atoms with Crippen molar-refractivity contribution in [2.75, 3.05) is 44.7 Å². The molecule has 2 aliphatic rings. The summed E-state index contributed by atoms with van der Waals surface area (Å²) < 4.78 is 5.09. The second kappa shape index (κ2) is 9.44. The number of benzene rings is 2. The molecule has 2 aliphatic heterocycles. The number of methoxy groups -OCH3 is 1. The van der Waals surface area contributed by atoms with Crippen molar-refractivity contribution < 1.29 is 14.3 Å². The molecule has 2 N–H and O–H groups in total. The van der Waals surface area contributed by atoms with Gasteiger partial charge >= 0.3 is 12.0 Å². The van der Waals surface area contributed by atoms with Crippen LogP contribution in [-0.4, -0.2) is 56.7 Å². The van der Waals surface area contributed by atoms with Crippen molar-refractivity contribution in [1.29, 1.82) is 0 Å². The lowest BCUT2D eigenvalue weighted by Crippen LogP contribution is -2.51. The highest BCUT2D eigenvalue weighted by atomic mass is 16.5. The maximum Gasteiger partial charge on any atom is 0.338 e. The number of aryl methyl sites for hydroxylation is 2. The minimum absolute atomic E-state index is 0.309. The first-order chi connectivity index (χ1) is 15.4. The van der Waals surface area contributed by atoms with Gasteiger partial charge in [0.15, 0.2) is 0 Å². The number of rotatable bonds is 5. The molecule has 7 heteroatoms. The summed E-state index contributed by atoms with van der Waals surface area (Å²) in [6.45, 7) is 8.04. The van der Waals surface area contributed by atoms with Crippen molar-refractivity contribution in [2.45, 2.75) is 19.9 Å². The number of nitrogens with zero attached hydrogens (tertiary/aromatic N) is 2. The summed E-state index contributed by atoms with van der Waals surface area (Å²) in [5.74, 6) is -0.434. The van der Waals surface area contributed by atoms with Crippen molar-refractivity contribution in [2.24, 2.45) is 0 Å². The monoisotopic (exact) mass is 434 g/mol. The van der Waals surface area contributed by atoms with E-state index in [2.05, 4.69) is 51.6 Å². The van der Waals surface area contributed by atoms with Crippen molar-refractivity contribution in [3.63, 3.8) is 0 Å². The summed E-state index contributed by atoms with van der Waals surface area (Å²) in [5, 5.41) is 5.75. The fourth-order valence-electron chi connectivity index (χ4n) is 4.32. The minimum Gasteiger partial charge on any atom is -0.466 e. The van der Waals surface area contributed by atoms with Gasteiger partial charge in [0.05, 0.1) is 18.7 Å². The number of anilines is 1. The standard InChI is InChI=1S/C25H30N4O3/c1-17-7-9-19(10-8-17)23-22(24(30)32-3)21(26-25(31)27-23)16-28-11-13-29(14-12-28)20-6-4-5-18(2)15-20/h4-10,15,23H,11-14,16H2,1-3H3,(H2,26,27,31)/t23-/m1/s1. The third-order valence-corrected chi connectivity index (χ3v) is 6.09. The Morgan fingerprint density at radius 2 is 1.75 bits per heavy atom. The number of esters is 1. The molecule has 0 saturated carbocycles. The van der Waals surface area contributed by atoms with Gasteiger partial charge in [-0.25, -0.2) is 9.59 Å². The number of carbonyl (C=O) groups is 2. The normalized spacial score (nSPS) is 19.4. The Bertz CT molecular complexity index is 1020. The third-order valence-electron chi connectivity index (χ3n) is 6.09. The molecule has 7 nitrogen and oxygen atoms in total. The van der Waals surface area contributed by atoms with E-state index in [1.807, 2.05) is 31.2 Å². The SMILES string of the molecule is COC(=O)C1=C(CN2CCN(c3cccc(C)c3)CC2)NC(=O)N[C@@H]1c1ccc(C)cc1. The molecule has 0 aromatic heterocycles. The number of amides is 2. The lowest BCUT2D eigenvalue weighted by molar-refractivity contribution is -0.136. The summed E-state index contributed by atoms with van der Waals surface area (Å²) >= 11 is 0. The first kappa shape index (κ1) is 21.9. The van der Waals surface area contributed by atoms with Crippen LogP contribution < -0.4 is 15.5 Å². The van der Waals surface area contributed by atoms with Crippen molar-refractivity contribution >= 4 is 17.7 Å². The van der Waals surface area contributed by atoms with Gasteiger partial charge in [-0.3, -0.25) is 4.90 Å². The van der Waals surface area contributed by atoms with E-state index < -0.39 is 12.0 Å². The van der Waals surface area contributed by atoms with Gasteiger partial charge < -0.3 is 20.3 Å². The second-order valence-electron chi connectivity index (χ2n) is 8.43. The number of hydrogen-bond donors (Lipinski definition) is 2. The quantitative estimate of drug-likeness (QED) is 0.708. The Balaban J connectivity index is 1.54. The first-order valence-electron chi connectivity index (χ1n) is 10.9. The molecule has 0 spiro atoms. The highest BCUT2D eigenvalue weighted by Crippen LogP contribution is 2.28. The highest BCUT2D eigenvalue weighted by molar-refractivity contribution is 5.95. The summed E-state index contributed by atoms with van der Waals surface area (Å²) in [4.78, 5) is 29.8. The molecular formula is C25H30N4O3. The van der Waals surface area contributed by atoms with E-state index in [1.165, 1.54) is 18.4 Å². The van der Waals surface area contributed by atoms with E-state index >= 15 is 0 Å². The predicted octanol–water partition coefficient (Wildman–Crippen LogP) is 2.91. The summed E-state index contributed by atoms with van der Waals surface area (Å²) in [5.41, 5.74) is 5.51. The van der Waals surface area contributed by atoms with Crippen LogP contribution in [0, 0.1) is 13.8 Å². The molecule has 2 amide bonds. The van der Waals surface area contributed by atoms with Gasteiger partial charge in [-0.1, -0.05) is 42.0 Å². The lowest BCUT2D eigenvalue weighted by Gasteiger charge is -2.38. The molecule has 0 aliphatic carbocycles. The number of carbonyl (C=O) groups excluding carboxylic acids is 2. The zero-order valence-electron chi connectivity index (χ0n) is 18.9. The molecule has 1 saturated heterocycles. The summed E-state index contributed by atoms with van der Waals surface area (Å²) in [6.07, 6.45) is 0. The fourth-order valence-corrected chi connectivity index (χ4v) is 4.32. The van der Waals surface area contributed by atoms with Gasteiger partial charge in [0.25, 0.3) is 0 Å². The topological polar surface area (TPSA) is 73.9 Å². The average Bonchev–Trinajstić information content (AvgIpc) is 2.79. The van der Waals surface area contributed by atoms with Crippen LogP contribution in [0.1, 0.15) is 22.7 Å². The van der Waals surface area contributed by atoms with Crippen LogP contribution in [-0.2, 0) is 9.53 Å². The zero-order valence-corrected chi connectivity index (χ0v) is 18.9. The summed E-state index contributed by atoms with van der Waals surface area (Å²) in [6, 6.07) is 15.5. The van der Waals surface area contributed by atoms with Crippen molar-refractivity contribution in [1.82, 2.24) is 15.5 Å². The molecule has 1 atom stereocenters. The Morgan fingerprint density at radius 1 is 1.03 bits per heavy atom. The molecule has 168 valence electrons. The average molecular weight is 435 g/mol. The number of piperazine rings is 1. The van der Waals surface area contributed by atoms with Crippen LogP contribution >= 0.6 is 0 Å². The van der Waals surface area contributed by atoms with Gasteiger partial charge in [0, 0.05) is 44.1 Å². The summed E-state index contributed by atoms with van der Waals surface area (Å²) in [7, 11) is 1.37.